The third-order valence-electron chi connectivity index (χ3n) is 14.3. The molecule has 0 saturated carbocycles. The second kappa shape index (κ2) is 16.4. The largest absolute Gasteiger partial charge is 0.456 e. The highest BCUT2D eigenvalue weighted by atomic mass is 16.3. The van der Waals surface area contributed by atoms with Gasteiger partial charge in [-0.1, -0.05) is 133 Å². The van der Waals surface area contributed by atoms with Crippen LogP contribution in [0.25, 0.3) is 87.7 Å². The van der Waals surface area contributed by atoms with Gasteiger partial charge in [0.25, 0.3) is 0 Å². The first-order valence-electron chi connectivity index (χ1n) is 24.1. The number of rotatable bonds is 8. The lowest BCUT2D eigenvalue weighted by molar-refractivity contribution is 0.663. The Labute approximate surface area is 406 Å². The minimum atomic E-state index is 0.808. The van der Waals surface area contributed by atoms with Crippen molar-refractivity contribution in [2.45, 2.75) is 27.7 Å². The van der Waals surface area contributed by atoms with E-state index in [9.17, 15) is 0 Å². The molecule has 0 N–H and O–H groups in total. The molecule has 0 amide bonds. The van der Waals surface area contributed by atoms with Gasteiger partial charge in [0.1, 0.15) is 22.3 Å². The van der Waals surface area contributed by atoms with Gasteiger partial charge in [-0.25, -0.2) is 0 Å². The van der Waals surface area contributed by atoms with E-state index >= 15 is 0 Å². The normalized spacial score (nSPS) is 11.7. The maximum atomic E-state index is 6.94. The van der Waals surface area contributed by atoms with Gasteiger partial charge in [-0.2, -0.15) is 0 Å². The Hall–Kier alpha value is -8.86. The molecule has 4 nitrogen and oxygen atoms in total. The summed E-state index contributed by atoms with van der Waals surface area (Å²) in [7, 11) is 0. The van der Waals surface area contributed by atoms with Crippen LogP contribution in [0.5, 0.6) is 0 Å². The fraction of sp³-hybridized carbons (Fsp3) is 0.0606. The second-order valence-electron chi connectivity index (χ2n) is 18.8. The van der Waals surface area contributed by atoms with Gasteiger partial charge >= 0.3 is 0 Å². The molecule has 0 aliphatic heterocycles. The van der Waals surface area contributed by atoms with E-state index in [4.69, 9.17) is 8.83 Å². The van der Waals surface area contributed by atoms with E-state index in [1.54, 1.807) is 0 Å². The van der Waals surface area contributed by atoms with E-state index in [0.29, 0.717) is 0 Å². The van der Waals surface area contributed by atoms with Gasteiger partial charge in [0, 0.05) is 38.9 Å². The Bertz CT molecular complexity index is 4110. The third-order valence-corrected chi connectivity index (χ3v) is 14.3. The monoisotopic (exact) mass is 900 g/mol. The van der Waals surface area contributed by atoms with Gasteiger partial charge < -0.3 is 18.6 Å². The highest BCUT2D eigenvalue weighted by Crippen LogP contribution is 2.46. The van der Waals surface area contributed by atoms with Crippen LogP contribution in [0.15, 0.2) is 227 Å². The average Bonchev–Trinajstić information content (AvgIpc) is 3.94. The molecule has 11 aromatic carbocycles. The minimum Gasteiger partial charge on any atom is -0.456 e. The maximum absolute atomic E-state index is 6.94. The van der Waals surface area contributed by atoms with Crippen molar-refractivity contribution >= 4 is 99.5 Å². The summed E-state index contributed by atoms with van der Waals surface area (Å²) < 4.78 is 13.6. The summed E-state index contributed by atoms with van der Waals surface area (Å²) in [5.41, 5.74) is 19.7. The van der Waals surface area contributed by atoms with E-state index in [2.05, 4.69) is 256 Å². The Morgan fingerprint density at radius 3 is 1.20 bits per heavy atom. The summed E-state index contributed by atoms with van der Waals surface area (Å²) in [6.45, 7) is 8.78. The summed E-state index contributed by atoms with van der Waals surface area (Å²) in [4.78, 5) is 4.78. The molecule has 334 valence electrons. The van der Waals surface area contributed by atoms with Crippen LogP contribution in [0, 0.1) is 27.7 Å². The maximum Gasteiger partial charge on any atom is 0.147 e. The molecule has 4 heteroatoms. The summed E-state index contributed by atoms with van der Waals surface area (Å²) in [5, 5.41) is 8.70. The molecule has 0 fully saturated rings. The zero-order valence-corrected chi connectivity index (χ0v) is 39.5. The lowest BCUT2D eigenvalue weighted by atomic mass is 10.0. The third kappa shape index (κ3) is 6.91. The quantitative estimate of drug-likeness (QED) is 0.152. The first-order valence-corrected chi connectivity index (χ1v) is 24.1. The molecule has 0 saturated heterocycles. The fourth-order valence-corrected chi connectivity index (χ4v) is 10.8. The van der Waals surface area contributed by atoms with Crippen LogP contribution in [0.1, 0.15) is 22.3 Å². The zero-order valence-electron chi connectivity index (χ0n) is 39.5. The number of hydrogen-bond acceptors (Lipinski definition) is 4. The molecular formula is C66H48N2O2. The number of fused-ring (bicyclic) bond motifs is 9. The van der Waals surface area contributed by atoms with E-state index in [-0.39, 0.29) is 0 Å². The SMILES string of the molecule is Cc1cccc(C)c1N(c1ccc(-c2ccccc2)cc1)c1ccc2cc3c(cc2c1)oc1c3ccc2oc3cc4cc(N(c5ccc(-c6ccccc6)cc5)c5c(C)cccc5C)ccc4cc3c21. The summed E-state index contributed by atoms with van der Waals surface area (Å²) in [5.74, 6) is 0. The number of hydrogen-bond donors (Lipinski definition) is 0. The highest BCUT2D eigenvalue weighted by Gasteiger charge is 2.22. The van der Waals surface area contributed by atoms with Gasteiger partial charge in [0.15, 0.2) is 0 Å². The second-order valence-corrected chi connectivity index (χ2v) is 18.8. The Kier molecular flexibility index (Phi) is 9.70. The van der Waals surface area contributed by atoms with Crippen molar-refractivity contribution in [2.24, 2.45) is 0 Å². The molecule has 0 radical (unpaired) electrons. The lowest BCUT2D eigenvalue weighted by Crippen LogP contribution is -2.12. The van der Waals surface area contributed by atoms with Gasteiger partial charge in [-0.3, -0.25) is 0 Å². The standard InChI is InChI=1S/C66H48N2O2/c1-41-13-11-14-42(2)64(41)67(53-27-21-47(22-28-53)45-17-7-5-8-18-45)55-31-25-49-37-58-57-33-34-60-63(66(57)70-61(58)39-51(49)35-55)59-38-50-26-32-56(36-52(50)40-62(59)69-60)68(65-43(3)15-12-16-44(65)4)54-29-23-48(24-30-54)46-19-9-6-10-20-46/h5-40H,1-4H3. The molecule has 0 atom stereocenters. The molecule has 70 heavy (non-hydrogen) atoms. The Balaban J connectivity index is 0.907. The van der Waals surface area contributed by atoms with Crippen LogP contribution in [-0.4, -0.2) is 0 Å². The molecule has 13 aromatic rings. The van der Waals surface area contributed by atoms with Crippen molar-refractivity contribution in [1.82, 2.24) is 0 Å². The van der Waals surface area contributed by atoms with Crippen molar-refractivity contribution in [3.05, 3.63) is 241 Å². The Morgan fingerprint density at radius 2 is 0.714 bits per heavy atom. The van der Waals surface area contributed by atoms with Gasteiger partial charge in [-0.05, 0) is 179 Å². The van der Waals surface area contributed by atoms with E-state index in [1.807, 2.05) is 0 Å². The van der Waals surface area contributed by atoms with Crippen molar-refractivity contribution < 1.29 is 8.83 Å². The van der Waals surface area contributed by atoms with Crippen molar-refractivity contribution in [3.8, 4) is 22.3 Å². The number of aryl methyl sites for hydroxylation is 4. The molecule has 2 aromatic heterocycles. The van der Waals surface area contributed by atoms with E-state index in [0.717, 1.165) is 88.2 Å². The summed E-state index contributed by atoms with van der Waals surface area (Å²) in [6, 6.07) is 78.7. The van der Waals surface area contributed by atoms with Crippen LogP contribution in [0.2, 0.25) is 0 Å². The smallest absolute Gasteiger partial charge is 0.147 e. The zero-order chi connectivity index (χ0) is 47.0. The highest BCUT2D eigenvalue weighted by molar-refractivity contribution is 6.24. The lowest BCUT2D eigenvalue weighted by Gasteiger charge is -2.29. The average molecular weight is 901 g/mol. The predicted octanol–water partition coefficient (Wildman–Crippen LogP) is 19.3. The molecule has 13 rings (SSSR count). The number of para-hydroxylation sites is 2. The van der Waals surface area contributed by atoms with Crippen molar-refractivity contribution in [1.29, 1.82) is 0 Å². The number of nitrogens with zero attached hydrogens (tertiary/aromatic N) is 2. The van der Waals surface area contributed by atoms with Crippen LogP contribution >= 0.6 is 0 Å². The van der Waals surface area contributed by atoms with E-state index < -0.39 is 0 Å². The molecule has 0 aliphatic rings. The molecule has 0 aliphatic carbocycles. The van der Waals surface area contributed by atoms with Crippen molar-refractivity contribution in [2.75, 3.05) is 9.80 Å². The predicted molar refractivity (Wildman–Crippen MR) is 295 cm³/mol. The number of benzene rings is 11. The minimum absolute atomic E-state index is 0.808. The van der Waals surface area contributed by atoms with Crippen LogP contribution in [-0.2, 0) is 0 Å². The Morgan fingerprint density at radius 1 is 0.286 bits per heavy atom. The van der Waals surface area contributed by atoms with Gasteiger partial charge in [0.2, 0.25) is 0 Å². The molecule has 0 unspecified atom stereocenters. The van der Waals surface area contributed by atoms with E-state index in [1.165, 1.54) is 55.9 Å². The molecule has 0 bridgehead atoms. The summed E-state index contributed by atoms with van der Waals surface area (Å²) in [6.07, 6.45) is 0. The summed E-state index contributed by atoms with van der Waals surface area (Å²) >= 11 is 0. The molecule has 2 heterocycles. The van der Waals surface area contributed by atoms with Crippen LogP contribution in [0.4, 0.5) is 34.1 Å². The first-order chi connectivity index (χ1) is 34.3. The van der Waals surface area contributed by atoms with Crippen LogP contribution < -0.4 is 9.80 Å². The fourth-order valence-electron chi connectivity index (χ4n) is 10.8. The van der Waals surface area contributed by atoms with Crippen LogP contribution in [0.3, 0.4) is 0 Å². The van der Waals surface area contributed by atoms with Crippen molar-refractivity contribution in [3.63, 3.8) is 0 Å². The van der Waals surface area contributed by atoms with Gasteiger partial charge in [-0.15, -0.1) is 0 Å². The molecule has 0 spiro atoms. The first kappa shape index (κ1) is 41.3. The number of furan rings is 2. The topological polar surface area (TPSA) is 32.8 Å². The molecular weight excluding hydrogens is 853 g/mol. The number of anilines is 6. The van der Waals surface area contributed by atoms with Gasteiger partial charge in [0.05, 0.1) is 16.8 Å².